The van der Waals surface area contributed by atoms with Gasteiger partial charge in [0.15, 0.2) is 5.84 Å². The van der Waals surface area contributed by atoms with Gasteiger partial charge in [-0.15, -0.1) is 0 Å². The van der Waals surface area contributed by atoms with Crippen LogP contribution in [-0.2, 0) is 18.4 Å². The maximum Gasteiger partial charge on any atom is 0.235 e. The van der Waals surface area contributed by atoms with Crippen LogP contribution < -0.4 is 11.1 Å². The van der Waals surface area contributed by atoms with Crippen LogP contribution in [0.15, 0.2) is 47.8 Å². The summed E-state index contributed by atoms with van der Waals surface area (Å²) in [4.78, 5) is 12.3. The van der Waals surface area contributed by atoms with Gasteiger partial charge in [0.1, 0.15) is 5.92 Å². The van der Waals surface area contributed by atoms with Crippen LogP contribution >= 0.6 is 0 Å². The lowest BCUT2D eigenvalue weighted by Crippen LogP contribution is -2.37. The van der Waals surface area contributed by atoms with E-state index in [1.165, 1.54) is 0 Å². The zero-order valence-electron chi connectivity index (χ0n) is 11.6. The molecule has 110 valence electrons. The Morgan fingerprint density at radius 1 is 1.43 bits per heavy atom. The molecular formula is C14H17N5O2. The van der Waals surface area contributed by atoms with E-state index in [9.17, 15) is 4.79 Å². The van der Waals surface area contributed by atoms with E-state index in [1.807, 2.05) is 6.07 Å². The summed E-state index contributed by atoms with van der Waals surface area (Å²) in [7, 11) is 1.79. The molecule has 0 aliphatic rings. The molecule has 1 amide bonds. The van der Waals surface area contributed by atoms with Crippen molar-refractivity contribution in [2.45, 2.75) is 12.5 Å². The number of aromatic nitrogens is 2. The number of benzene rings is 1. The molecule has 4 N–H and O–H groups in total. The average molecular weight is 287 g/mol. The number of oxime groups is 1. The van der Waals surface area contributed by atoms with Crippen molar-refractivity contribution in [1.82, 2.24) is 15.1 Å². The molecule has 21 heavy (non-hydrogen) atoms. The second kappa shape index (κ2) is 6.56. The van der Waals surface area contributed by atoms with E-state index in [4.69, 9.17) is 10.9 Å². The van der Waals surface area contributed by atoms with Gasteiger partial charge in [-0.05, 0) is 11.6 Å². The molecular weight excluding hydrogens is 270 g/mol. The molecule has 1 heterocycles. The summed E-state index contributed by atoms with van der Waals surface area (Å²) in [5, 5.41) is 18.6. The first-order valence-electron chi connectivity index (χ1n) is 6.40. The largest absolute Gasteiger partial charge is 0.409 e. The van der Waals surface area contributed by atoms with Gasteiger partial charge < -0.3 is 16.3 Å². The first kappa shape index (κ1) is 14.6. The molecule has 1 unspecified atom stereocenters. The van der Waals surface area contributed by atoms with E-state index in [-0.39, 0.29) is 11.7 Å². The van der Waals surface area contributed by atoms with E-state index >= 15 is 0 Å². The molecule has 0 fully saturated rings. The van der Waals surface area contributed by atoms with Gasteiger partial charge >= 0.3 is 0 Å². The Morgan fingerprint density at radius 2 is 2.14 bits per heavy atom. The fourth-order valence-corrected chi connectivity index (χ4v) is 2.01. The minimum absolute atomic E-state index is 0.149. The summed E-state index contributed by atoms with van der Waals surface area (Å²) in [5.74, 6) is -1.31. The van der Waals surface area contributed by atoms with Crippen LogP contribution in [0.1, 0.15) is 17.2 Å². The maximum atomic E-state index is 12.3. The highest BCUT2D eigenvalue weighted by atomic mass is 16.4. The van der Waals surface area contributed by atoms with Gasteiger partial charge in [-0.1, -0.05) is 35.5 Å². The van der Waals surface area contributed by atoms with Crippen molar-refractivity contribution in [1.29, 1.82) is 0 Å². The minimum Gasteiger partial charge on any atom is -0.409 e. The lowest BCUT2D eigenvalue weighted by Gasteiger charge is -2.16. The van der Waals surface area contributed by atoms with E-state index in [2.05, 4.69) is 15.6 Å². The number of nitrogens with one attached hydrogen (secondary N) is 1. The van der Waals surface area contributed by atoms with E-state index < -0.39 is 5.92 Å². The highest BCUT2D eigenvalue weighted by Crippen LogP contribution is 2.16. The molecule has 0 bridgehead atoms. The third-order valence-electron chi connectivity index (χ3n) is 3.17. The highest BCUT2D eigenvalue weighted by Gasteiger charge is 2.25. The molecule has 7 nitrogen and oxygen atoms in total. The molecule has 0 saturated heterocycles. The number of rotatable bonds is 5. The summed E-state index contributed by atoms with van der Waals surface area (Å²) < 4.78 is 1.67. The Kier molecular flexibility index (Phi) is 4.55. The third-order valence-corrected chi connectivity index (χ3v) is 3.17. The molecule has 0 radical (unpaired) electrons. The molecule has 2 aromatic rings. The second-order valence-corrected chi connectivity index (χ2v) is 4.53. The molecule has 1 aromatic carbocycles. The SMILES string of the molecule is Cn1nccc1CNC(=O)C(C(N)=NO)c1ccccc1. The number of hydrogen-bond acceptors (Lipinski definition) is 4. The Hall–Kier alpha value is -2.83. The van der Waals surface area contributed by atoms with Crippen LogP contribution in [0.25, 0.3) is 0 Å². The fourth-order valence-electron chi connectivity index (χ4n) is 2.01. The van der Waals surface area contributed by atoms with Gasteiger partial charge in [0, 0.05) is 13.2 Å². The molecule has 0 aliphatic heterocycles. The predicted octanol–water partition coefficient (Wildman–Crippen LogP) is 0.567. The summed E-state index contributed by atoms with van der Waals surface area (Å²) in [6.45, 7) is 0.317. The van der Waals surface area contributed by atoms with Crippen molar-refractivity contribution in [3.05, 3.63) is 53.9 Å². The summed E-state index contributed by atoms with van der Waals surface area (Å²) in [6, 6.07) is 10.7. The van der Waals surface area contributed by atoms with Crippen LogP contribution in [-0.4, -0.2) is 26.7 Å². The lowest BCUT2D eigenvalue weighted by atomic mass is 9.97. The monoisotopic (exact) mass is 287 g/mol. The second-order valence-electron chi connectivity index (χ2n) is 4.53. The molecule has 2 rings (SSSR count). The Bertz CT molecular complexity index is 636. The molecule has 7 heteroatoms. The van der Waals surface area contributed by atoms with E-state index in [0.29, 0.717) is 12.1 Å². The summed E-state index contributed by atoms with van der Waals surface area (Å²) in [6.07, 6.45) is 1.65. The maximum absolute atomic E-state index is 12.3. The quantitative estimate of drug-likeness (QED) is 0.323. The molecule has 1 atom stereocenters. The number of aryl methyl sites for hydroxylation is 1. The van der Waals surface area contributed by atoms with Gasteiger partial charge in [-0.3, -0.25) is 9.48 Å². The number of amidine groups is 1. The normalized spacial score (nSPS) is 12.9. The Morgan fingerprint density at radius 3 is 2.71 bits per heavy atom. The number of hydrogen-bond donors (Lipinski definition) is 3. The van der Waals surface area contributed by atoms with E-state index in [0.717, 1.165) is 5.69 Å². The number of nitrogens with zero attached hydrogens (tertiary/aromatic N) is 3. The number of carbonyl (C=O) groups excluding carboxylic acids is 1. The Balaban J connectivity index is 2.14. The predicted molar refractivity (Wildman–Crippen MR) is 77.6 cm³/mol. The first-order chi connectivity index (χ1) is 10.1. The van der Waals surface area contributed by atoms with Crippen molar-refractivity contribution in [3.63, 3.8) is 0 Å². The van der Waals surface area contributed by atoms with Crippen molar-refractivity contribution in [2.24, 2.45) is 17.9 Å². The van der Waals surface area contributed by atoms with Gasteiger partial charge in [0.05, 0.1) is 12.2 Å². The third kappa shape index (κ3) is 3.38. The molecule has 0 spiro atoms. The molecule has 1 aromatic heterocycles. The fraction of sp³-hybridized carbons (Fsp3) is 0.214. The van der Waals surface area contributed by atoms with Crippen LogP contribution in [0.5, 0.6) is 0 Å². The van der Waals surface area contributed by atoms with Crippen molar-refractivity contribution in [2.75, 3.05) is 0 Å². The topological polar surface area (TPSA) is 106 Å². The van der Waals surface area contributed by atoms with Crippen LogP contribution in [0.4, 0.5) is 0 Å². The zero-order valence-corrected chi connectivity index (χ0v) is 11.6. The average Bonchev–Trinajstić information content (AvgIpc) is 2.91. The van der Waals surface area contributed by atoms with Crippen molar-refractivity contribution >= 4 is 11.7 Å². The zero-order chi connectivity index (χ0) is 15.2. The van der Waals surface area contributed by atoms with Gasteiger partial charge in [-0.25, -0.2) is 0 Å². The van der Waals surface area contributed by atoms with Gasteiger partial charge in [0.2, 0.25) is 5.91 Å². The first-order valence-corrected chi connectivity index (χ1v) is 6.40. The highest BCUT2D eigenvalue weighted by molar-refractivity contribution is 6.07. The number of nitrogens with two attached hydrogens (primary N) is 1. The van der Waals surface area contributed by atoms with E-state index in [1.54, 1.807) is 48.3 Å². The standard InChI is InChI=1S/C14H17N5O2/c1-19-11(7-8-17-19)9-16-14(20)12(13(15)18-21)10-5-3-2-4-6-10/h2-8,12,21H,9H2,1H3,(H2,15,18)(H,16,20). The minimum atomic E-state index is -0.829. The van der Waals surface area contributed by atoms with Crippen LogP contribution in [0, 0.1) is 0 Å². The van der Waals surface area contributed by atoms with Crippen LogP contribution in [0.3, 0.4) is 0 Å². The Labute approximate surface area is 122 Å². The molecule has 0 saturated carbocycles. The lowest BCUT2D eigenvalue weighted by molar-refractivity contribution is -0.121. The molecule has 0 aliphatic carbocycles. The number of carbonyl (C=O) groups is 1. The summed E-state index contributed by atoms with van der Waals surface area (Å²) in [5.41, 5.74) is 7.17. The van der Waals surface area contributed by atoms with Crippen molar-refractivity contribution < 1.29 is 10.0 Å². The van der Waals surface area contributed by atoms with Gasteiger partial charge in [0.25, 0.3) is 0 Å². The van der Waals surface area contributed by atoms with Crippen LogP contribution in [0.2, 0.25) is 0 Å². The van der Waals surface area contributed by atoms with Gasteiger partial charge in [-0.2, -0.15) is 5.10 Å². The van der Waals surface area contributed by atoms with Crippen molar-refractivity contribution in [3.8, 4) is 0 Å². The number of amides is 1. The smallest absolute Gasteiger partial charge is 0.235 e. The summed E-state index contributed by atoms with van der Waals surface area (Å²) >= 11 is 0.